The SMILES string of the molecule is O=C(NCCS(=O)(=O)N1CCc2ccccc21)Nc1ccc(Cl)c(Cl)c1. The Balaban J connectivity index is 1.54. The number of halogens is 2. The van der Waals surface area contributed by atoms with Gasteiger partial charge >= 0.3 is 6.03 Å². The molecule has 138 valence electrons. The molecular formula is C17H17Cl2N3O3S. The van der Waals surface area contributed by atoms with Crippen LogP contribution < -0.4 is 14.9 Å². The van der Waals surface area contributed by atoms with Crippen LogP contribution in [0.3, 0.4) is 0 Å². The lowest BCUT2D eigenvalue weighted by molar-refractivity contribution is 0.252. The topological polar surface area (TPSA) is 78.5 Å². The summed E-state index contributed by atoms with van der Waals surface area (Å²) in [5.74, 6) is -0.184. The summed E-state index contributed by atoms with van der Waals surface area (Å²) >= 11 is 11.7. The summed E-state index contributed by atoms with van der Waals surface area (Å²) < 4.78 is 26.5. The van der Waals surface area contributed by atoms with E-state index in [1.807, 2.05) is 18.2 Å². The van der Waals surface area contributed by atoms with Crippen molar-refractivity contribution >= 4 is 50.6 Å². The number of carbonyl (C=O) groups is 1. The molecule has 2 aromatic carbocycles. The fraction of sp³-hybridized carbons (Fsp3) is 0.235. The van der Waals surface area contributed by atoms with E-state index in [4.69, 9.17) is 23.2 Å². The Hall–Kier alpha value is -1.96. The van der Waals surface area contributed by atoms with Gasteiger partial charge in [0.25, 0.3) is 0 Å². The van der Waals surface area contributed by atoms with Crippen LogP contribution in [0, 0.1) is 0 Å². The number of urea groups is 1. The van der Waals surface area contributed by atoms with Gasteiger partial charge in [-0.05, 0) is 36.2 Å². The summed E-state index contributed by atoms with van der Waals surface area (Å²) in [5.41, 5.74) is 2.20. The third-order valence-electron chi connectivity index (χ3n) is 4.00. The molecule has 0 aromatic heterocycles. The number of amides is 2. The molecule has 0 unspecified atom stereocenters. The summed E-state index contributed by atoms with van der Waals surface area (Å²) in [6, 6.07) is 11.6. The quantitative estimate of drug-likeness (QED) is 0.786. The highest BCUT2D eigenvalue weighted by Gasteiger charge is 2.28. The third-order valence-corrected chi connectivity index (χ3v) is 6.51. The highest BCUT2D eigenvalue weighted by Crippen LogP contribution is 2.30. The highest BCUT2D eigenvalue weighted by molar-refractivity contribution is 7.92. The van der Waals surface area contributed by atoms with Gasteiger partial charge in [-0.2, -0.15) is 0 Å². The largest absolute Gasteiger partial charge is 0.337 e. The van der Waals surface area contributed by atoms with Crippen molar-refractivity contribution in [1.82, 2.24) is 5.32 Å². The second kappa shape index (κ2) is 7.73. The standard InChI is InChI=1S/C17H17Cl2N3O3S/c18-14-6-5-13(11-15(14)19)21-17(23)20-8-10-26(24,25)22-9-7-12-3-1-2-4-16(12)22/h1-6,11H,7-10H2,(H2,20,21,23). The maximum absolute atomic E-state index is 12.5. The molecule has 0 saturated carbocycles. The van der Waals surface area contributed by atoms with E-state index in [2.05, 4.69) is 10.6 Å². The lowest BCUT2D eigenvalue weighted by Gasteiger charge is -2.19. The maximum atomic E-state index is 12.5. The van der Waals surface area contributed by atoms with Crippen molar-refractivity contribution in [2.24, 2.45) is 0 Å². The Morgan fingerprint density at radius 2 is 1.88 bits per heavy atom. The van der Waals surface area contributed by atoms with Gasteiger partial charge in [-0.15, -0.1) is 0 Å². The van der Waals surface area contributed by atoms with Crippen LogP contribution in [0.15, 0.2) is 42.5 Å². The van der Waals surface area contributed by atoms with Crippen molar-refractivity contribution < 1.29 is 13.2 Å². The molecule has 3 rings (SSSR count). The van der Waals surface area contributed by atoms with E-state index in [0.717, 1.165) is 5.56 Å². The van der Waals surface area contributed by atoms with Crippen LogP contribution in [0.25, 0.3) is 0 Å². The molecule has 0 aliphatic carbocycles. The van der Waals surface area contributed by atoms with Crippen molar-refractivity contribution in [3.05, 3.63) is 58.1 Å². The molecule has 1 aliphatic heterocycles. The van der Waals surface area contributed by atoms with Gasteiger partial charge in [0.05, 0.1) is 21.5 Å². The van der Waals surface area contributed by atoms with Crippen molar-refractivity contribution in [3.8, 4) is 0 Å². The van der Waals surface area contributed by atoms with Crippen LogP contribution in [0.4, 0.5) is 16.2 Å². The van der Waals surface area contributed by atoms with Crippen LogP contribution >= 0.6 is 23.2 Å². The number of nitrogens with one attached hydrogen (secondary N) is 2. The van der Waals surface area contributed by atoms with Crippen molar-refractivity contribution in [1.29, 1.82) is 0 Å². The summed E-state index contributed by atoms with van der Waals surface area (Å²) in [4.78, 5) is 11.9. The van der Waals surface area contributed by atoms with Gasteiger partial charge in [0.15, 0.2) is 0 Å². The number of sulfonamides is 1. The number of carbonyl (C=O) groups excluding carboxylic acids is 1. The zero-order valence-corrected chi connectivity index (χ0v) is 16.0. The Morgan fingerprint density at radius 1 is 1.12 bits per heavy atom. The Morgan fingerprint density at radius 3 is 2.65 bits per heavy atom. The summed E-state index contributed by atoms with van der Waals surface area (Å²) in [6.07, 6.45) is 0.695. The molecule has 0 fully saturated rings. The molecule has 2 N–H and O–H groups in total. The molecular weight excluding hydrogens is 397 g/mol. The van der Waals surface area contributed by atoms with Crippen LogP contribution in [-0.2, 0) is 16.4 Å². The minimum Gasteiger partial charge on any atom is -0.337 e. The Labute approximate surface area is 162 Å². The molecule has 2 aromatic rings. The predicted molar refractivity (Wildman–Crippen MR) is 105 cm³/mol. The summed E-state index contributed by atoms with van der Waals surface area (Å²) in [7, 11) is -3.50. The number of hydrogen-bond donors (Lipinski definition) is 2. The molecule has 0 radical (unpaired) electrons. The lowest BCUT2D eigenvalue weighted by atomic mass is 10.2. The highest BCUT2D eigenvalue weighted by atomic mass is 35.5. The van der Waals surface area contributed by atoms with Gasteiger partial charge in [-0.1, -0.05) is 41.4 Å². The molecule has 6 nitrogen and oxygen atoms in total. The predicted octanol–water partition coefficient (Wildman–Crippen LogP) is 3.51. The number of fused-ring (bicyclic) bond motifs is 1. The third kappa shape index (κ3) is 4.23. The van der Waals surface area contributed by atoms with Crippen LogP contribution in [-0.4, -0.2) is 33.3 Å². The van der Waals surface area contributed by atoms with Crippen molar-refractivity contribution in [2.75, 3.05) is 28.5 Å². The van der Waals surface area contributed by atoms with Crippen molar-refractivity contribution in [2.45, 2.75) is 6.42 Å². The second-order valence-electron chi connectivity index (χ2n) is 5.78. The first kappa shape index (κ1) is 18.8. The van der Waals surface area contributed by atoms with Crippen molar-refractivity contribution in [3.63, 3.8) is 0 Å². The number of nitrogens with zero attached hydrogens (tertiary/aromatic N) is 1. The molecule has 2 amide bonds. The lowest BCUT2D eigenvalue weighted by Crippen LogP contribution is -2.38. The smallest absolute Gasteiger partial charge is 0.319 e. The van der Waals surface area contributed by atoms with E-state index in [0.29, 0.717) is 34.4 Å². The summed E-state index contributed by atoms with van der Waals surface area (Å²) in [5, 5.41) is 5.82. The molecule has 0 bridgehead atoms. The van der Waals surface area contributed by atoms with E-state index >= 15 is 0 Å². The Bertz CT molecular complexity index is 935. The average Bonchev–Trinajstić information content (AvgIpc) is 3.03. The van der Waals surface area contributed by atoms with E-state index in [9.17, 15) is 13.2 Å². The fourth-order valence-corrected chi connectivity index (χ4v) is 4.48. The van der Waals surface area contributed by atoms with E-state index < -0.39 is 16.1 Å². The monoisotopic (exact) mass is 413 g/mol. The van der Waals surface area contributed by atoms with E-state index in [-0.39, 0.29) is 12.3 Å². The molecule has 0 spiro atoms. The normalized spacial score (nSPS) is 13.4. The first-order valence-corrected chi connectivity index (χ1v) is 10.3. The minimum atomic E-state index is -3.50. The zero-order valence-electron chi connectivity index (χ0n) is 13.7. The van der Waals surface area contributed by atoms with Gasteiger partial charge in [0, 0.05) is 18.8 Å². The van der Waals surface area contributed by atoms with Gasteiger partial charge in [-0.25, -0.2) is 13.2 Å². The number of hydrogen-bond acceptors (Lipinski definition) is 3. The Kier molecular flexibility index (Phi) is 5.60. The fourth-order valence-electron chi connectivity index (χ4n) is 2.75. The molecule has 9 heteroatoms. The molecule has 0 atom stereocenters. The van der Waals surface area contributed by atoms with Gasteiger partial charge < -0.3 is 10.6 Å². The van der Waals surface area contributed by atoms with E-state index in [1.165, 1.54) is 10.4 Å². The number of para-hydroxylation sites is 1. The summed E-state index contributed by atoms with van der Waals surface area (Å²) in [6.45, 7) is 0.422. The molecule has 26 heavy (non-hydrogen) atoms. The molecule has 0 saturated heterocycles. The van der Waals surface area contributed by atoms with Gasteiger partial charge in [-0.3, -0.25) is 4.31 Å². The number of anilines is 2. The average molecular weight is 414 g/mol. The minimum absolute atomic E-state index is 0.00580. The molecule has 1 heterocycles. The first-order chi connectivity index (χ1) is 12.4. The zero-order chi connectivity index (χ0) is 18.7. The maximum Gasteiger partial charge on any atom is 0.319 e. The van der Waals surface area contributed by atoms with Gasteiger partial charge in [0.2, 0.25) is 10.0 Å². The molecule has 1 aliphatic rings. The van der Waals surface area contributed by atoms with Crippen LogP contribution in [0.5, 0.6) is 0 Å². The van der Waals surface area contributed by atoms with E-state index in [1.54, 1.807) is 18.2 Å². The first-order valence-electron chi connectivity index (χ1n) is 7.95. The van der Waals surface area contributed by atoms with Crippen LogP contribution in [0.1, 0.15) is 5.56 Å². The number of benzene rings is 2. The second-order valence-corrected chi connectivity index (χ2v) is 8.60. The van der Waals surface area contributed by atoms with Gasteiger partial charge in [0.1, 0.15) is 0 Å². The van der Waals surface area contributed by atoms with Crippen LogP contribution in [0.2, 0.25) is 10.0 Å². The number of rotatable bonds is 5.